The fourth-order valence-corrected chi connectivity index (χ4v) is 2.39. The van der Waals surface area contributed by atoms with Crippen molar-refractivity contribution >= 4 is 11.6 Å². The molecule has 0 saturated carbocycles. The normalized spacial score (nSPS) is 10.4. The van der Waals surface area contributed by atoms with Crippen LogP contribution in [0.4, 0.5) is 0 Å². The molecule has 0 N–H and O–H groups in total. The molecule has 0 amide bonds. The van der Waals surface area contributed by atoms with E-state index >= 15 is 0 Å². The summed E-state index contributed by atoms with van der Waals surface area (Å²) in [6, 6.07) is 20.1. The van der Waals surface area contributed by atoms with Gasteiger partial charge in [0.25, 0.3) is 0 Å². The molecule has 3 aromatic rings. The average molecular weight is 266 g/mol. The van der Waals surface area contributed by atoms with Crippen LogP contribution in [0.15, 0.2) is 73.1 Å². The lowest BCUT2D eigenvalue weighted by Gasteiger charge is -2.10. The van der Waals surface area contributed by atoms with Crippen LogP contribution in [0.2, 0.25) is 5.02 Å². The first-order chi connectivity index (χ1) is 9.36. The van der Waals surface area contributed by atoms with Gasteiger partial charge in [0.15, 0.2) is 0 Å². The molecule has 0 aliphatic heterocycles. The molecule has 2 heteroatoms. The first-order valence-electron chi connectivity index (χ1n) is 6.10. The number of hydrogen-bond donors (Lipinski definition) is 0. The lowest BCUT2D eigenvalue weighted by Crippen LogP contribution is -1.87. The van der Waals surface area contributed by atoms with Gasteiger partial charge in [0.05, 0.1) is 0 Å². The molecule has 0 radical (unpaired) electrons. The Morgan fingerprint density at radius 1 is 0.684 bits per heavy atom. The molecule has 1 aromatic heterocycles. The summed E-state index contributed by atoms with van der Waals surface area (Å²) in [5.41, 5.74) is 4.37. The third-order valence-corrected chi connectivity index (χ3v) is 3.40. The molecule has 3 rings (SSSR count). The summed E-state index contributed by atoms with van der Waals surface area (Å²) in [6.45, 7) is 0. The zero-order valence-corrected chi connectivity index (χ0v) is 11.0. The molecule has 0 spiro atoms. The topological polar surface area (TPSA) is 12.9 Å². The fourth-order valence-electron chi connectivity index (χ4n) is 2.16. The molecular weight excluding hydrogens is 254 g/mol. The summed E-state index contributed by atoms with van der Waals surface area (Å²) < 4.78 is 0. The number of aromatic nitrogens is 1. The molecule has 0 fully saturated rings. The summed E-state index contributed by atoms with van der Waals surface area (Å²) in [7, 11) is 0. The van der Waals surface area contributed by atoms with Gasteiger partial charge in [0, 0.05) is 28.5 Å². The van der Waals surface area contributed by atoms with E-state index in [0.717, 1.165) is 27.3 Å². The Hall–Kier alpha value is -2.12. The van der Waals surface area contributed by atoms with E-state index in [4.69, 9.17) is 11.6 Å². The van der Waals surface area contributed by atoms with Gasteiger partial charge in [-0.1, -0.05) is 60.1 Å². The van der Waals surface area contributed by atoms with Crippen molar-refractivity contribution in [2.75, 3.05) is 0 Å². The zero-order chi connectivity index (χ0) is 13.1. The van der Waals surface area contributed by atoms with Gasteiger partial charge in [-0.15, -0.1) is 0 Å². The third kappa shape index (κ3) is 2.38. The second kappa shape index (κ2) is 5.25. The predicted molar refractivity (Wildman–Crippen MR) is 80.1 cm³/mol. The number of pyridine rings is 1. The van der Waals surface area contributed by atoms with Crippen LogP contribution in [0.3, 0.4) is 0 Å². The maximum absolute atomic E-state index is 6.30. The van der Waals surface area contributed by atoms with Crippen molar-refractivity contribution in [3.63, 3.8) is 0 Å². The van der Waals surface area contributed by atoms with Gasteiger partial charge in [-0.3, -0.25) is 4.98 Å². The molecule has 0 aliphatic rings. The Balaban J connectivity index is 2.21. The minimum atomic E-state index is 0.755. The van der Waals surface area contributed by atoms with E-state index in [1.54, 1.807) is 6.20 Å². The second-order valence-corrected chi connectivity index (χ2v) is 4.67. The molecule has 0 bridgehead atoms. The molecule has 1 nitrogen and oxygen atoms in total. The Kier molecular flexibility index (Phi) is 3.30. The van der Waals surface area contributed by atoms with E-state index in [1.807, 2.05) is 54.7 Å². The smallest absolute Gasteiger partial charge is 0.0484 e. The molecule has 0 saturated heterocycles. The van der Waals surface area contributed by atoms with Crippen LogP contribution in [-0.2, 0) is 0 Å². The van der Waals surface area contributed by atoms with Crippen molar-refractivity contribution in [3.05, 3.63) is 78.1 Å². The van der Waals surface area contributed by atoms with Gasteiger partial charge >= 0.3 is 0 Å². The second-order valence-electron chi connectivity index (χ2n) is 4.27. The Morgan fingerprint density at radius 3 is 2.21 bits per heavy atom. The zero-order valence-electron chi connectivity index (χ0n) is 10.3. The van der Waals surface area contributed by atoms with Crippen LogP contribution in [0, 0.1) is 0 Å². The number of halogens is 1. The highest BCUT2D eigenvalue weighted by molar-refractivity contribution is 6.33. The predicted octanol–water partition coefficient (Wildman–Crippen LogP) is 5.07. The molecule has 0 atom stereocenters. The first kappa shape index (κ1) is 11.9. The minimum Gasteiger partial charge on any atom is -0.264 e. The summed E-state index contributed by atoms with van der Waals surface area (Å²) in [5.74, 6) is 0. The van der Waals surface area contributed by atoms with Gasteiger partial charge < -0.3 is 0 Å². The van der Waals surface area contributed by atoms with E-state index in [2.05, 4.69) is 17.1 Å². The van der Waals surface area contributed by atoms with Crippen LogP contribution in [0.25, 0.3) is 22.3 Å². The summed E-state index contributed by atoms with van der Waals surface area (Å²) in [5, 5.41) is 0.755. The van der Waals surface area contributed by atoms with Gasteiger partial charge in [-0.05, 0) is 23.3 Å². The van der Waals surface area contributed by atoms with E-state index in [-0.39, 0.29) is 0 Å². The Bertz CT molecular complexity index is 692. The number of benzene rings is 2. The lowest BCUT2D eigenvalue weighted by molar-refractivity contribution is 1.33. The monoisotopic (exact) mass is 265 g/mol. The quantitative estimate of drug-likeness (QED) is 0.630. The van der Waals surface area contributed by atoms with Crippen LogP contribution in [0.5, 0.6) is 0 Å². The number of nitrogens with zero attached hydrogens (tertiary/aromatic N) is 1. The van der Waals surface area contributed by atoms with Crippen molar-refractivity contribution in [2.45, 2.75) is 0 Å². The van der Waals surface area contributed by atoms with Crippen molar-refractivity contribution < 1.29 is 0 Å². The highest BCUT2D eigenvalue weighted by Crippen LogP contribution is 2.34. The summed E-state index contributed by atoms with van der Waals surface area (Å²) in [6.07, 6.45) is 3.68. The van der Waals surface area contributed by atoms with Crippen LogP contribution in [0.1, 0.15) is 0 Å². The maximum atomic E-state index is 6.30. The largest absolute Gasteiger partial charge is 0.264 e. The highest BCUT2D eigenvalue weighted by Gasteiger charge is 2.09. The highest BCUT2D eigenvalue weighted by atomic mass is 35.5. The number of rotatable bonds is 2. The van der Waals surface area contributed by atoms with E-state index in [9.17, 15) is 0 Å². The van der Waals surface area contributed by atoms with Gasteiger partial charge in [-0.2, -0.15) is 0 Å². The van der Waals surface area contributed by atoms with Crippen LogP contribution < -0.4 is 0 Å². The minimum absolute atomic E-state index is 0.755. The van der Waals surface area contributed by atoms with Gasteiger partial charge in [0.2, 0.25) is 0 Å². The van der Waals surface area contributed by atoms with Crippen molar-refractivity contribution in [2.24, 2.45) is 0 Å². The molecule has 2 aromatic carbocycles. The SMILES string of the molecule is Clc1ccccc1-c1ccncc1-c1ccccc1. The Morgan fingerprint density at radius 2 is 1.42 bits per heavy atom. The standard InChI is InChI=1S/C17H12ClN/c18-17-9-5-4-8-15(17)14-10-11-19-12-16(14)13-6-2-1-3-7-13/h1-12H. The van der Waals surface area contributed by atoms with E-state index < -0.39 is 0 Å². The maximum Gasteiger partial charge on any atom is 0.0484 e. The van der Waals surface area contributed by atoms with Gasteiger partial charge in [-0.25, -0.2) is 0 Å². The first-order valence-corrected chi connectivity index (χ1v) is 6.48. The number of hydrogen-bond acceptors (Lipinski definition) is 1. The molecule has 0 unspecified atom stereocenters. The van der Waals surface area contributed by atoms with Crippen molar-refractivity contribution in [3.8, 4) is 22.3 Å². The van der Waals surface area contributed by atoms with Crippen molar-refractivity contribution in [1.82, 2.24) is 4.98 Å². The Labute approximate surface area is 117 Å². The van der Waals surface area contributed by atoms with E-state index in [1.165, 1.54) is 0 Å². The average Bonchev–Trinajstić information content (AvgIpc) is 2.49. The summed E-state index contributed by atoms with van der Waals surface area (Å²) >= 11 is 6.30. The molecule has 1 heterocycles. The molecule has 19 heavy (non-hydrogen) atoms. The van der Waals surface area contributed by atoms with Crippen LogP contribution in [-0.4, -0.2) is 4.98 Å². The molecule has 0 aliphatic carbocycles. The third-order valence-electron chi connectivity index (χ3n) is 3.07. The fraction of sp³-hybridized carbons (Fsp3) is 0. The summed E-state index contributed by atoms with van der Waals surface area (Å²) in [4.78, 5) is 4.23. The lowest BCUT2D eigenvalue weighted by atomic mass is 9.97. The van der Waals surface area contributed by atoms with Crippen LogP contribution >= 0.6 is 11.6 Å². The molecule has 92 valence electrons. The van der Waals surface area contributed by atoms with Crippen molar-refractivity contribution in [1.29, 1.82) is 0 Å². The molecular formula is C17H12ClN. The van der Waals surface area contributed by atoms with E-state index in [0.29, 0.717) is 0 Å². The van der Waals surface area contributed by atoms with Gasteiger partial charge in [0.1, 0.15) is 0 Å².